The number of para-hydroxylation sites is 1. The predicted octanol–water partition coefficient (Wildman–Crippen LogP) is 4.91. The SMILES string of the molecule is CCc1ccccc1NC(=O)CSc1nnc(-c2ccc(Cl)cc2)n1CC. The van der Waals surface area contributed by atoms with Crippen molar-refractivity contribution in [3.63, 3.8) is 0 Å². The Morgan fingerprint density at radius 3 is 2.56 bits per heavy atom. The lowest BCUT2D eigenvalue weighted by Gasteiger charge is -2.10. The summed E-state index contributed by atoms with van der Waals surface area (Å²) in [6.45, 7) is 4.82. The summed E-state index contributed by atoms with van der Waals surface area (Å²) in [4.78, 5) is 12.4. The number of aryl methyl sites for hydroxylation is 1. The lowest BCUT2D eigenvalue weighted by molar-refractivity contribution is -0.113. The number of amides is 1. The molecule has 1 amide bonds. The third kappa shape index (κ3) is 4.70. The van der Waals surface area contributed by atoms with Gasteiger partial charge in [0.1, 0.15) is 0 Å². The van der Waals surface area contributed by atoms with Gasteiger partial charge >= 0.3 is 0 Å². The summed E-state index contributed by atoms with van der Waals surface area (Å²) in [5.41, 5.74) is 2.93. The average molecular weight is 401 g/mol. The van der Waals surface area contributed by atoms with E-state index in [1.54, 1.807) is 0 Å². The van der Waals surface area contributed by atoms with Crippen molar-refractivity contribution in [2.24, 2.45) is 0 Å². The molecule has 27 heavy (non-hydrogen) atoms. The second-order valence-corrected chi connectivity index (χ2v) is 7.28. The Balaban J connectivity index is 1.69. The first kappa shape index (κ1) is 19.5. The first-order chi connectivity index (χ1) is 13.1. The number of aromatic nitrogens is 3. The molecule has 1 aromatic heterocycles. The van der Waals surface area contributed by atoms with Crippen LogP contribution in [0.1, 0.15) is 19.4 Å². The van der Waals surface area contributed by atoms with Crippen LogP contribution in [-0.4, -0.2) is 26.4 Å². The number of nitrogens with one attached hydrogen (secondary N) is 1. The maximum atomic E-state index is 12.4. The molecule has 5 nitrogen and oxygen atoms in total. The average Bonchev–Trinajstić information content (AvgIpc) is 3.10. The summed E-state index contributed by atoms with van der Waals surface area (Å²) in [5.74, 6) is 0.990. The molecule has 2 aromatic carbocycles. The minimum Gasteiger partial charge on any atom is -0.325 e. The zero-order valence-corrected chi connectivity index (χ0v) is 16.8. The Hall–Kier alpha value is -2.31. The van der Waals surface area contributed by atoms with Gasteiger partial charge in [0, 0.05) is 22.8 Å². The maximum absolute atomic E-state index is 12.4. The summed E-state index contributed by atoms with van der Waals surface area (Å²) in [7, 11) is 0. The molecule has 1 heterocycles. The number of hydrogen-bond acceptors (Lipinski definition) is 4. The molecule has 1 N–H and O–H groups in total. The zero-order valence-electron chi connectivity index (χ0n) is 15.3. The first-order valence-electron chi connectivity index (χ1n) is 8.82. The molecule has 0 radical (unpaired) electrons. The first-order valence-corrected chi connectivity index (χ1v) is 10.2. The molecule has 0 bridgehead atoms. The third-order valence-electron chi connectivity index (χ3n) is 4.14. The molecule has 0 unspecified atom stereocenters. The van der Waals surface area contributed by atoms with Crippen LogP contribution in [0.3, 0.4) is 0 Å². The van der Waals surface area contributed by atoms with Crippen molar-refractivity contribution >= 4 is 35.0 Å². The second kappa shape index (κ2) is 9.06. The van der Waals surface area contributed by atoms with Gasteiger partial charge in [0.05, 0.1) is 5.75 Å². The van der Waals surface area contributed by atoms with Gasteiger partial charge in [-0.3, -0.25) is 4.79 Å². The summed E-state index contributed by atoms with van der Waals surface area (Å²) in [6.07, 6.45) is 0.873. The normalized spacial score (nSPS) is 10.8. The van der Waals surface area contributed by atoms with Crippen molar-refractivity contribution in [1.29, 1.82) is 0 Å². The fourth-order valence-corrected chi connectivity index (χ4v) is 3.69. The number of nitrogens with zero attached hydrogens (tertiary/aromatic N) is 3. The number of anilines is 1. The number of thioether (sulfide) groups is 1. The Morgan fingerprint density at radius 1 is 1.11 bits per heavy atom. The number of carbonyl (C=O) groups excluding carboxylic acids is 1. The van der Waals surface area contributed by atoms with E-state index >= 15 is 0 Å². The molecule has 140 valence electrons. The minimum absolute atomic E-state index is 0.0559. The van der Waals surface area contributed by atoms with Gasteiger partial charge in [0.2, 0.25) is 5.91 Å². The Bertz CT molecular complexity index is 924. The lowest BCUT2D eigenvalue weighted by atomic mass is 10.1. The Labute approximate surface area is 168 Å². The molecule has 0 saturated heterocycles. The predicted molar refractivity (Wildman–Crippen MR) is 111 cm³/mol. The van der Waals surface area contributed by atoms with Crippen LogP contribution in [0.5, 0.6) is 0 Å². The second-order valence-electron chi connectivity index (χ2n) is 5.90. The highest BCUT2D eigenvalue weighted by Crippen LogP contribution is 2.25. The van der Waals surface area contributed by atoms with Crippen LogP contribution in [0.15, 0.2) is 53.7 Å². The quantitative estimate of drug-likeness (QED) is 0.572. The lowest BCUT2D eigenvalue weighted by Crippen LogP contribution is -2.15. The molecule has 0 aliphatic carbocycles. The standard InChI is InChI=1S/C20H21ClN4OS/c1-3-14-7-5-6-8-17(14)22-18(26)13-27-20-24-23-19(25(20)4-2)15-9-11-16(21)12-10-15/h5-12H,3-4,13H2,1-2H3,(H,22,26). The largest absolute Gasteiger partial charge is 0.325 e. The topological polar surface area (TPSA) is 59.8 Å². The monoisotopic (exact) mass is 400 g/mol. The van der Waals surface area contributed by atoms with Crippen molar-refractivity contribution in [2.75, 3.05) is 11.1 Å². The van der Waals surface area contributed by atoms with Crippen LogP contribution in [0, 0.1) is 0 Å². The van der Waals surface area contributed by atoms with E-state index in [-0.39, 0.29) is 11.7 Å². The van der Waals surface area contributed by atoms with Gasteiger partial charge in [0.25, 0.3) is 0 Å². The van der Waals surface area contributed by atoms with Crippen LogP contribution in [-0.2, 0) is 17.8 Å². The van der Waals surface area contributed by atoms with Crippen LogP contribution in [0.4, 0.5) is 5.69 Å². The van der Waals surface area contributed by atoms with Crippen molar-refractivity contribution in [1.82, 2.24) is 14.8 Å². The van der Waals surface area contributed by atoms with E-state index in [2.05, 4.69) is 22.4 Å². The van der Waals surface area contributed by atoms with E-state index in [1.165, 1.54) is 11.8 Å². The smallest absolute Gasteiger partial charge is 0.234 e. The number of hydrogen-bond donors (Lipinski definition) is 1. The van der Waals surface area contributed by atoms with Gasteiger partial charge in [-0.2, -0.15) is 0 Å². The van der Waals surface area contributed by atoms with Gasteiger partial charge in [-0.15, -0.1) is 10.2 Å². The summed E-state index contributed by atoms with van der Waals surface area (Å²) in [6, 6.07) is 15.3. The van der Waals surface area contributed by atoms with E-state index in [0.717, 1.165) is 34.2 Å². The minimum atomic E-state index is -0.0559. The number of rotatable bonds is 7. The number of benzene rings is 2. The van der Waals surface area contributed by atoms with Gasteiger partial charge < -0.3 is 9.88 Å². The summed E-state index contributed by atoms with van der Waals surface area (Å²) < 4.78 is 2.00. The van der Waals surface area contributed by atoms with E-state index in [4.69, 9.17) is 11.6 Å². The highest BCUT2D eigenvalue weighted by molar-refractivity contribution is 7.99. The van der Waals surface area contributed by atoms with E-state index in [1.807, 2.05) is 60.0 Å². The van der Waals surface area contributed by atoms with Gasteiger partial charge in [-0.25, -0.2) is 0 Å². The Morgan fingerprint density at radius 2 is 1.85 bits per heavy atom. The highest BCUT2D eigenvalue weighted by Gasteiger charge is 2.15. The van der Waals surface area contributed by atoms with Crippen molar-refractivity contribution in [3.8, 4) is 11.4 Å². The molecular formula is C20H21ClN4OS. The van der Waals surface area contributed by atoms with Crippen LogP contribution < -0.4 is 5.32 Å². The molecule has 0 spiro atoms. The van der Waals surface area contributed by atoms with Crippen LogP contribution in [0.2, 0.25) is 5.02 Å². The van der Waals surface area contributed by atoms with Crippen molar-refractivity contribution in [3.05, 3.63) is 59.1 Å². The molecule has 3 aromatic rings. The number of halogens is 1. The summed E-state index contributed by atoms with van der Waals surface area (Å²) in [5, 5.41) is 12.9. The van der Waals surface area contributed by atoms with Gasteiger partial charge in [-0.05, 0) is 49.2 Å². The molecule has 7 heteroatoms. The molecular weight excluding hydrogens is 380 g/mol. The molecule has 0 saturated carbocycles. The van der Waals surface area contributed by atoms with E-state index in [9.17, 15) is 4.79 Å². The fraction of sp³-hybridized carbons (Fsp3) is 0.250. The molecule has 0 fully saturated rings. The Kier molecular flexibility index (Phi) is 6.53. The van der Waals surface area contributed by atoms with Crippen molar-refractivity contribution < 1.29 is 4.79 Å². The van der Waals surface area contributed by atoms with E-state index < -0.39 is 0 Å². The highest BCUT2D eigenvalue weighted by atomic mass is 35.5. The molecule has 0 aliphatic rings. The van der Waals surface area contributed by atoms with Crippen LogP contribution in [0.25, 0.3) is 11.4 Å². The zero-order chi connectivity index (χ0) is 19.2. The van der Waals surface area contributed by atoms with Crippen LogP contribution >= 0.6 is 23.4 Å². The summed E-state index contributed by atoms with van der Waals surface area (Å²) >= 11 is 7.34. The fourth-order valence-electron chi connectivity index (χ4n) is 2.76. The van der Waals surface area contributed by atoms with Gasteiger partial charge in [-0.1, -0.05) is 48.5 Å². The third-order valence-corrected chi connectivity index (χ3v) is 5.36. The molecule has 0 aliphatic heterocycles. The molecule has 0 atom stereocenters. The van der Waals surface area contributed by atoms with Crippen molar-refractivity contribution in [2.45, 2.75) is 32.0 Å². The van der Waals surface area contributed by atoms with E-state index in [0.29, 0.717) is 11.6 Å². The molecule has 3 rings (SSSR count). The maximum Gasteiger partial charge on any atom is 0.234 e. The number of carbonyl (C=O) groups is 1. The van der Waals surface area contributed by atoms with Gasteiger partial charge in [0.15, 0.2) is 11.0 Å².